The van der Waals surface area contributed by atoms with Crippen molar-refractivity contribution < 1.29 is 9.53 Å². The average Bonchev–Trinajstić information content (AvgIpc) is 2.75. The van der Waals surface area contributed by atoms with Gasteiger partial charge in [0, 0.05) is 39.3 Å². The van der Waals surface area contributed by atoms with Gasteiger partial charge in [0.05, 0.1) is 17.8 Å². The predicted octanol–water partition coefficient (Wildman–Crippen LogP) is 2.38. The van der Waals surface area contributed by atoms with Crippen LogP contribution in [-0.2, 0) is 11.3 Å². The first-order valence-electron chi connectivity index (χ1n) is 6.18. The predicted molar refractivity (Wildman–Crippen MR) is 76.5 cm³/mol. The second-order valence-corrected chi connectivity index (χ2v) is 4.57. The molecular weight excluding hydrogens is 242 g/mol. The molecule has 0 saturated heterocycles. The number of hydrogen-bond acceptors (Lipinski definition) is 2. The molecule has 0 aliphatic heterocycles. The molecule has 102 valence electrons. The van der Waals surface area contributed by atoms with Gasteiger partial charge in [-0.3, -0.25) is 0 Å². The lowest BCUT2D eigenvalue weighted by molar-refractivity contribution is 0.188. The van der Waals surface area contributed by atoms with Crippen molar-refractivity contribution in [3.05, 3.63) is 30.5 Å². The summed E-state index contributed by atoms with van der Waals surface area (Å²) >= 11 is 0. The number of hydrogen-bond donors (Lipinski definition) is 1. The van der Waals surface area contributed by atoms with Crippen molar-refractivity contribution in [3.8, 4) is 0 Å². The van der Waals surface area contributed by atoms with Gasteiger partial charge in [0.15, 0.2) is 0 Å². The lowest BCUT2D eigenvalue weighted by Crippen LogP contribution is -2.27. The van der Waals surface area contributed by atoms with Gasteiger partial charge >= 0.3 is 6.03 Å². The molecule has 0 radical (unpaired) electrons. The molecule has 5 heteroatoms. The van der Waals surface area contributed by atoms with E-state index in [0.717, 1.165) is 23.1 Å². The number of fused-ring (bicyclic) bond motifs is 1. The summed E-state index contributed by atoms with van der Waals surface area (Å²) in [7, 11) is 5.12. The van der Waals surface area contributed by atoms with E-state index in [1.165, 1.54) is 4.90 Å². The van der Waals surface area contributed by atoms with Gasteiger partial charge in [-0.15, -0.1) is 0 Å². The van der Waals surface area contributed by atoms with E-state index in [1.54, 1.807) is 21.2 Å². The standard InChI is InChI=1S/C14H19N3O2/c1-16(2)14(18)15-12-10-17(8-9-19-3)13-7-5-4-6-11(12)13/h4-7,10H,8-9H2,1-3H3,(H,15,18). The number of nitrogens with zero attached hydrogens (tertiary/aromatic N) is 2. The molecule has 0 unspecified atom stereocenters. The van der Waals surface area contributed by atoms with Gasteiger partial charge in [-0.2, -0.15) is 0 Å². The molecule has 0 spiro atoms. The number of nitrogens with one attached hydrogen (secondary N) is 1. The Hall–Kier alpha value is -2.01. The van der Waals surface area contributed by atoms with Gasteiger partial charge in [0.2, 0.25) is 0 Å². The highest BCUT2D eigenvalue weighted by Crippen LogP contribution is 2.25. The van der Waals surface area contributed by atoms with Crippen molar-refractivity contribution in [3.63, 3.8) is 0 Å². The quantitative estimate of drug-likeness (QED) is 0.918. The molecule has 0 atom stereocenters. The minimum absolute atomic E-state index is 0.130. The van der Waals surface area contributed by atoms with Crippen LogP contribution in [-0.4, -0.2) is 43.3 Å². The fraction of sp³-hybridized carbons (Fsp3) is 0.357. The molecule has 5 nitrogen and oxygen atoms in total. The summed E-state index contributed by atoms with van der Waals surface area (Å²) in [6.07, 6.45) is 1.95. The summed E-state index contributed by atoms with van der Waals surface area (Å²) in [4.78, 5) is 13.3. The lowest BCUT2D eigenvalue weighted by Gasteiger charge is -2.10. The number of anilines is 1. The third-order valence-corrected chi connectivity index (χ3v) is 2.97. The minimum Gasteiger partial charge on any atom is -0.383 e. The van der Waals surface area contributed by atoms with E-state index >= 15 is 0 Å². The minimum atomic E-state index is -0.130. The Labute approximate surface area is 112 Å². The van der Waals surface area contributed by atoms with Crippen LogP contribution in [0.25, 0.3) is 10.9 Å². The number of ether oxygens (including phenoxy) is 1. The van der Waals surface area contributed by atoms with Gasteiger partial charge in [-0.25, -0.2) is 4.79 Å². The Kier molecular flexibility index (Phi) is 4.06. The van der Waals surface area contributed by atoms with Gasteiger partial charge in [0.25, 0.3) is 0 Å². The number of rotatable bonds is 4. The number of carbonyl (C=O) groups excluding carboxylic acids is 1. The van der Waals surface area contributed by atoms with Crippen LogP contribution in [0.2, 0.25) is 0 Å². The van der Waals surface area contributed by atoms with Crippen molar-refractivity contribution >= 4 is 22.6 Å². The summed E-state index contributed by atoms with van der Waals surface area (Å²) in [6.45, 7) is 1.40. The van der Waals surface area contributed by atoms with Crippen LogP contribution in [0, 0.1) is 0 Å². The Morgan fingerprint density at radius 2 is 2.11 bits per heavy atom. The highest BCUT2D eigenvalue weighted by molar-refractivity contribution is 6.01. The zero-order chi connectivity index (χ0) is 13.8. The van der Waals surface area contributed by atoms with E-state index in [-0.39, 0.29) is 6.03 Å². The van der Waals surface area contributed by atoms with E-state index in [1.807, 2.05) is 30.5 Å². The second kappa shape index (κ2) is 5.75. The molecule has 1 aromatic carbocycles. The first-order chi connectivity index (χ1) is 9.13. The molecule has 19 heavy (non-hydrogen) atoms. The van der Waals surface area contributed by atoms with Gasteiger partial charge in [0.1, 0.15) is 0 Å². The molecular formula is C14H19N3O2. The fourth-order valence-corrected chi connectivity index (χ4v) is 1.95. The molecule has 0 aliphatic rings. The van der Waals surface area contributed by atoms with Crippen molar-refractivity contribution in [2.24, 2.45) is 0 Å². The molecule has 0 fully saturated rings. The molecule has 1 heterocycles. The normalized spacial score (nSPS) is 10.7. The van der Waals surface area contributed by atoms with Crippen LogP contribution in [0.5, 0.6) is 0 Å². The number of benzene rings is 1. The number of aromatic nitrogens is 1. The number of amides is 2. The topological polar surface area (TPSA) is 46.5 Å². The maximum Gasteiger partial charge on any atom is 0.321 e. The second-order valence-electron chi connectivity index (χ2n) is 4.57. The first kappa shape index (κ1) is 13.4. The largest absolute Gasteiger partial charge is 0.383 e. The van der Waals surface area contributed by atoms with Gasteiger partial charge < -0.3 is 19.5 Å². The Morgan fingerprint density at radius 3 is 2.79 bits per heavy atom. The highest BCUT2D eigenvalue weighted by atomic mass is 16.5. The molecule has 1 N–H and O–H groups in total. The van der Waals surface area contributed by atoms with E-state index in [9.17, 15) is 4.79 Å². The van der Waals surface area contributed by atoms with E-state index in [0.29, 0.717) is 6.61 Å². The summed E-state index contributed by atoms with van der Waals surface area (Å²) in [5, 5.41) is 3.94. The Bertz CT molecular complexity index is 575. The Morgan fingerprint density at radius 1 is 1.37 bits per heavy atom. The van der Waals surface area contributed by atoms with Crippen molar-refractivity contribution in [2.75, 3.05) is 33.1 Å². The summed E-state index contributed by atoms with van der Waals surface area (Å²) in [6, 6.07) is 7.87. The molecule has 2 aromatic rings. The number of para-hydroxylation sites is 1. The number of urea groups is 1. The van der Waals surface area contributed by atoms with Crippen molar-refractivity contribution in [2.45, 2.75) is 6.54 Å². The van der Waals surface area contributed by atoms with Crippen LogP contribution in [0.3, 0.4) is 0 Å². The molecule has 0 saturated carbocycles. The average molecular weight is 261 g/mol. The van der Waals surface area contributed by atoms with Crippen LogP contribution >= 0.6 is 0 Å². The maximum atomic E-state index is 11.8. The summed E-state index contributed by atoms with van der Waals surface area (Å²) < 4.78 is 7.19. The van der Waals surface area contributed by atoms with Crippen LogP contribution < -0.4 is 5.32 Å². The molecule has 1 aromatic heterocycles. The third kappa shape index (κ3) is 2.88. The van der Waals surface area contributed by atoms with Crippen molar-refractivity contribution in [1.29, 1.82) is 0 Å². The molecule has 2 rings (SSSR count). The lowest BCUT2D eigenvalue weighted by atomic mass is 10.2. The van der Waals surface area contributed by atoms with Gasteiger partial charge in [-0.1, -0.05) is 18.2 Å². The van der Waals surface area contributed by atoms with E-state index < -0.39 is 0 Å². The van der Waals surface area contributed by atoms with Gasteiger partial charge in [-0.05, 0) is 6.07 Å². The fourth-order valence-electron chi connectivity index (χ4n) is 1.95. The van der Waals surface area contributed by atoms with E-state index in [4.69, 9.17) is 4.74 Å². The number of carbonyl (C=O) groups is 1. The maximum absolute atomic E-state index is 11.8. The third-order valence-electron chi connectivity index (χ3n) is 2.97. The zero-order valence-corrected chi connectivity index (χ0v) is 11.5. The molecule has 0 aliphatic carbocycles. The van der Waals surface area contributed by atoms with Crippen molar-refractivity contribution in [1.82, 2.24) is 9.47 Å². The zero-order valence-electron chi connectivity index (χ0n) is 11.5. The highest BCUT2D eigenvalue weighted by Gasteiger charge is 2.11. The summed E-state index contributed by atoms with van der Waals surface area (Å²) in [5.41, 5.74) is 1.92. The molecule has 2 amide bonds. The smallest absolute Gasteiger partial charge is 0.321 e. The van der Waals surface area contributed by atoms with Crippen LogP contribution in [0.4, 0.5) is 10.5 Å². The van der Waals surface area contributed by atoms with Crippen LogP contribution in [0.1, 0.15) is 0 Å². The van der Waals surface area contributed by atoms with E-state index in [2.05, 4.69) is 9.88 Å². The Balaban J connectivity index is 2.35. The SMILES string of the molecule is COCCn1cc(NC(=O)N(C)C)c2ccccc21. The first-order valence-corrected chi connectivity index (χ1v) is 6.18. The monoisotopic (exact) mass is 261 g/mol. The summed E-state index contributed by atoms with van der Waals surface area (Å²) in [5.74, 6) is 0. The number of methoxy groups -OCH3 is 1. The van der Waals surface area contributed by atoms with Crippen LogP contribution in [0.15, 0.2) is 30.5 Å². The molecule has 0 bridgehead atoms.